The lowest BCUT2D eigenvalue weighted by atomic mass is 10.1. The van der Waals surface area contributed by atoms with Gasteiger partial charge in [0, 0.05) is 12.6 Å². The summed E-state index contributed by atoms with van der Waals surface area (Å²) in [5.74, 6) is 1.68. The summed E-state index contributed by atoms with van der Waals surface area (Å²) in [7, 11) is 1.65. The van der Waals surface area contributed by atoms with E-state index in [1.165, 1.54) is 12.8 Å². The molecule has 1 fully saturated rings. The Morgan fingerprint density at radius 1 is 1.27 bits per heavy atom. The number of methoxy groups -OCH3 is 1. The van der Waals surface area contributed by atoms with Crippen molar-refractivity contribution in [3.63, 3.8) is 0 Å². The van der Waals surface area contributed by atoms with Crippen molar-refractivity contribution >= 4 is 12.0 Å². The van der Waals surface area contributed by atoms with Crippen LogP contribution in [0.2, 0.25) is 0 Å². The first-order valence-electron chi connectivity index (χ1n) is 9.15. The summed E-state index contributed by atoms with van der Waals surface area (Å²) in [6.45, 7) is 5.66. The first-order valence-corrected chi connectivity index (χ1v) is 9.15. The number of aromatic nitrogens is 3. The minimum atomic E-state index is -0.117. The number of ether oxygens (including phenoxy) is 1. The monoisotopic (exact) mass is 357 g/mol. The maximum atomic E-state index is 12.6. The topological polar surface area (TPSA) is 72.3 Å². The van der Waals surface area contributed by atoms with Gasteiger partial charge in [0.05, 0.1) is 13.7 Å². The van der Waals surface area contributed by atoms with Crippen molar-refractivity contribution < 1.29 is 9.53 Å². The summed E-state index contributed by atoms with van der Waals surface area (Å²) in [6.07, 6.45) is 5.01. The molecule has 1 aliphatic heterocycles. The number of nitrogens with one attached hydrogen (secondary N) is 1. The fraction of sp³-hybridized carbons (Fsp3) is 0.526. The highest BCUT2D eigenvalue weighted by Crippen LogP contribution is 2.21. The van der Waals surface area contributed by atoms with Crippen LogP contribution >= 0.6 is 0 Å². The quantitative estimate of drug-likeness (QED) is 0.910. The summed E-state index contributed by atoms with van der Waals surface area (Å²) < 4.78 is 6.88. The Morgan fingerprint density at radius 2 is 2.04 bits per heavy atom. The zero-order valence-electron chi connectivity index (χ0n) is 15.7. The van der Waals surface area contributed by atoms with Crippen molar-refractivity contribution in [2.24, 2.45) is 5.92 Å². The number of hydrogen-bond acceptors (Lipinski definition) is 4. The van der Waals surface area contributed by atoms with E-state index in [1.807, 2.05) is 29.2 Å². The number of benzene rings is 1. The number of carbonyl (C=O) groups is 1. The van der Waals surface area contributed by atoms with Gasteiger partial charge in [0.25, 0.3) is 0 Å². The Bertz CT molecular complexity index is 728. The maximum absolute atomic E-state index is 12.6. The standard InChI is InChI=1S/C19H27N5O2/c1-14-5-4-6-15(2)24(11-14)19(25)21-18-20-13-23(22-18)12-16-7-9-17(26-3)10-8-16/h7-10,13-15H,4-6,11-12H2,1-3H3,(H,21,22,25)/t14-,15-/m1/s1. The van der Waals surface area contributed by atoms with E-state index >= 15 is 0 Å². The van der Waals surface area contributed by atoms with Crippen LogP contribution in [0, 0.1) is 5.92 Å². The second-order valence-corrected chi connectivity index (χ2v) is 7.08. The molecule has 140 valence electrons. The van der Waals surface area contributed by atoms with Gasteiger partial charge in [-0.15, -0.1) is 5.10 Å². The normalized spacial score (nSPS) is 20.5. The predicted molar refractivity (Wildman–Crippen MR) is 100 cm³/mol. The highest BCUT2D eigenvalue weighted by Gasteiger charge is 2.25. The lowest BCUT2D eigenvalue weighted by molar-refractivity contribution is 0.187. The van der Waals surface area contributed by atoms with Crippen molar-refractivity contribution in [2.45, 2.75) is 45.7 Å². The first kappa shape index (κ1) is 18.2. The van der Waals surface area contributed by atoms with Crippen molar-refractivity contribution in [1.29, 1.82) is 0 Å². The molecule has 0 saturated carbocycles. The average Bonchev–Trinajstić information content (AvgIpc) is 2.98. The highest BCUT2D eigenvalue weighted by molar-refractivity contribution is 5.87. The molecule has 7 heteroatoms. The fourth-order valence-corrected chi connectivity index (χ4v) is 3.32. The molecular formula is C19H27N5O2. The molecule has 7 nitrogen and oxygen atoms in total. The molecule has 1 N–H and O–H groups in total. The first-order chi connectivity index (χ1) is 12.5. The molecule has 0 aliphatic carbocycles. The number of anilines is 1. The molecule has 1 aromatic carbocycles. The number of nitrogens with zero attached hydrogens (tertiary/aromatic N) is 4. The Hall–Kier alpha value is -2.57. The third-order valence-corrected chi connectivity index (χ3v) is 4.88. The Kier molecular flexibility index (Phi) is 5.75. The lowest BCUT2D eigenvalue weighted by Gasteiger charge is -2.28. The summed E-state index contributed by atoms with van der Waals surface area (Å²) >= 11 is 0. The van der Waals surface area contributed by atoms with Gasteiger partial charge in [-0.1, -0.05) is 25.5 Å². The molecule has 26 heavy (non-hydrogen) atoms. The summed E-state index contributed by atoms with van der Waals surface area (Å²) in [5, 5.41) is 7.20. The molecule has 2 atom stereocenters. The molecular weight excluding hydrogens is 330 g/mol. The van der Waals surface area contributed by atoms with Gasteiger partial charge < -0.3 is 9.64 Å². The van der Waals surface area contributed by atoms with Crippen molar-refractivity contribution in [3.8, 4) is 5.75 Å². The van der Waals surface area contributed by atoms with Crippen LogP contribution < -0.4 is 10.1 Å². The van der Waals surface area contributed by atoms with Crippen LogP contribution in [0.4, 0.5) is 10.7 Å². The van der Waals surface area contributed by atoms with Gasteiger partial charge in [-0.2, -0.15) is 0 Å². The molecule has 1 aromatic heterocycles. The van der Waals surface area contributed by atoms with Crippen LogP contribution in [0.5, 0.6) is 5.75 Å². The van der Waals surface area contributed by atoms with Crippen LogP contribution in [0.25, 0.3) is 0 Å². The van der Waals surface area contributed by atoms with Crippen molar-refractivity contribution in [1.82, 2.24) is 19.7 Å². The van der Waals surface area contributed by atoms with E-state index in [1.54, 1.807) is 18.1 Å². The number of rotatable bonds is 4. The van der Waals surface area contributed by atoms with E-state index in [4.69, 9.17) is 4.74 Å². The Balaban J connectivity index is 1.61. The Morgan fingerprint density at radius 3 is 2.77 bits per heavy atom. The molecule has 3 rings (SSSR count). The van der Waals surface area contributed by atoms with Gasteiger partial charge in [-0.25, -0.2) is 14.5 Å². The van der Waals surface area contributed by atoms with Gasteiger partial charge in [0.15, 0.2) is 0 Å². The molecule has 1 aliphatic rings. The number of amides is 2. The van der Waals surface area contributed by atoms with E-state index in [9.17, 15) is 4.79 Å². The number of urea groups is 1. The van der Waals surface area contributed by atoms with Gasteiger partial charge >= 0.3 is 6.03 Å². The summed E-state index contributed by atoms with van der Waals surface area (Å²) in [6, 6.07) is 7.92. The Labute approximate surface area is 154 Å². The largest absolute Gasteiger partial charge is 0.497 e. The summed E-state index contributed by atoms with van der Waals surface area (Å²) in [5.41, 5.74) is 1.09. The molecule has 0 bridgehead atoms. The minimum Gasteiger partial charge on any atom is -0.497 e. The highest BCUT2D eigenvalue weighted by atomic mass is 16.5. The van der Waals surface area contributed by atoms with Gasteiger partial charge in [-0.3, -0.25) is 5.32 Å². The molecule has 1 saturated heterocycles. The molecule has 2 heterocycles. The fourth-order valence-electron chi connectivity index (χ4n) is 3.32. The van der Waals surface area contributed by atoms with E-state index in [0.29, 0.717) is 18.4 Å². The van der Waals surface area contributed by atoms with Crippen molar-refractivity contribution in [3.05, 3.63) is 36.2 Å². The number of carbonyl (C=O) groups excluding carboxylic acids is 1. The van der Waals surface area contributed by atoms with Crippen LogP contribution in [0.1, 0.15) is 38.7 Å². The van der Waals surface area contributed by atoms with E-state index < -0.39 is 0 Å². The van der Waals surface area contributed by atoms with Crippen LogP contribution in [-0.4, -0.2) is 45.4 Å². The van der Waals surface area contributed by atoms with Gasteiger partial charge in [0.2, 0.25) is 5.95 Å². The zero-order valence-corrected chi connectivity index (χ0v) is 15.7. The van der Waals surface area contributed by atoms with Crippen LogP contribution in [0.3, 0.4) is 0 Å². The summed E-state index contributed by atoms with van der Waals surface area (Å²) in [4.78, 5) is 18.7. The van der Waals surface area contributed by atoms with Gasteiger partial charge in [0.1, 0.15) is 12.1 Å². The van der Waals surface area contributed by atoms with Crippen molar-refractivity contribution in [2.75, 3.05) is 19.0 Å². The van der Waals surface area contributed by atoms with E-state index in [0.717, 1.165) is 24.3 Å². The number of hydrogen-bond donors (Lipinski definition) is 1. The van der Waals surface area contributed by atoms with Crippen LogP contribution in [-0.2, 0) is 6.54 Å². The molecule has 0 spiro atoms. The van der Waals surface area contributed by atoms with Crippen LogP contribution in [0.15, 0.2) is 30.6 Å². The second-order valence-electron chi connectivity index (χ2n) is 7.08. The third-order valence-electron chi connectivity index (χ3n) is 4.88. The van der Waals surface area contributed by atoms with Gasteiger partial charge in [-0.05, 0) is 43.4 Å². The molecule has 2 amide bonds. The molecule has 0 unspecified atom stereocenters. The van der Waals surface area contributed by atoms with E-state index in [-0.39, 0.29) is 12.1 Å². The second kappa shape index (κ2) is 8.21. The predicted octanol–water partition coefficient (Wildman–Crippen LogP) is 3.38. The molecule has 0 radical (unpaired) electrons. The SMILES string of the molecule is COc1ccc(Cn2cnc(NC(=O)N3C[C@H](C)CCC[C@H]3C)n2)cc1. The third kappa shape index (κ3) is 4.53. The molecule has 2 aromatic rings. The number of likely N-dealkylation sites (tertiary alicyclic amines) is 1. The minimum absolute atomic E-state index is 0.117. The maximum Gasteiger partial charge on any atom is 0.324 e. The smallest absolute Gasteiger partial charge is 0.324 e. The lowest BCUT2D eigenvalue weighted by Crippen LogP contribution is -2.42. The average molecular weight is 357 g/mol. The van der Waals surface area contributed by atoms with E-state index in [2.05, 4.69) is 29.2 Å². The zero-order chi connectivity index (χ0) is 18.5.